The molecule has 0 aliphatic carbocycles. The van der Waals surface area contributed by atoms with E-state index in [1.165, 1.54) is 0 Å². The van der Waals surface area contributed by atoms with E-state index in [0.29, 0.717) is 13.1 Å². The molecule has 0 atom stereocenters. The Balaban J connectivity index is 0.00000312. The van der Waals surface area contributed by atoms with Crippen molar-refractivity contribution in [2.75, 3.05) is 28.3 Å². The molecule has 0 heterocycles. The lowest BCUT2D eigenvalue weighted by Gasteiger charge is -2.23. The zero-order valence-corrected chi connectivity index (χ0v) is 17.5. The first-order chi connectivity index (χ1) is 11.7. The maximum Gasteiger partial charge on any atom is 0.193 e. The van der Waals surface area contributed by atoms with Crippen molar-refractivity contribution in [1.82, 2.24) is 10.2 Å². The SMILES string of the molecule is CN=C(NCc1cccc(OC)c1)N(C)Cc1ccccc1OC.I. The highest BCUT2D eigenvalue weighted by Gasteiger charge is 2.09. The topological polar surface area (TPSA) is 46.1 Å². The Morgan fingerprint density at radius 2 is 1.84 bits per heavy atom. The van der Waals surface area contributed by atoms with Gasteiger partial charge in [-0.1, -0.05) is 30.3 Å². The Bertz CT molecular complexity index is 692. The lowest BCUT2D eigenvalue weighted by molar-refractivity contribution is 0.396. The van der Waals surface area contributed by atoms with E-state index < -0.39 is 0 Å². The van der Waals surface area contributed by atoms with E-state index in [9.17, 15) is 0 Å². The molecule has 0 spiro atoms. The van der Waals surface area contributed by atoms with Gasteiger partial charge in [0.25, 0.3) is 0 Å². The molecule has 0 aliphatic rings. The van der Waals surface area contributed by atoms with Crippen molar-refractivity contribution < 1.29 is 9.47 Å². The zero-order chi connectivity index (χ0) is 17.4. The average molecular weight is 455 g/mol. The van der Waals surface area contributed by atoms with Crippen LogP contribution in [0.3, 0.4) is 0 Å². The van der Waals surface area contributed by atoms with Gasteiger partial charge in [0.1, 0.15) is 11.5 Å². The molecule has 1 N–H and O–H groups in total. The minimum atomic E-state index is 0. The zero-order valence-electron chi connectivity index (χ0n) is 15.2. The highest BCUT2D eigenvalue weighted by molar-refractivity contribution is 14.0. The quantitative estimate of drug-likeness (QED) is 0.412. The lowest BCUT2D eigenvalue weighted by Crippen LogP contribution is -2.38. The first-order valence-electron chi connectivity index (χ1n) is 7.84. The van der Waals surface area contributed by atoms with Crippen LogP contribution in [-0.2, 0) is 13.1 Å². The molecule has 2 aromatic rings. The van der Waals surface area contributed by atoms with Crippen molar-refractivity contribution in [3.8, 4) is 11.5 Å². The Labute approximate surface area is 167 Å². The molecule has 0 radical (unpaired) electrons. The van der Waals surface area contributed by atoms with Gasteiger partial charge in [-0.2, -0.15) is 0 Å². The van der Waals surface area contributed by atoms with Crippen molar-refractivity contribution >= 4 is 29.9 Å². The predicted molar refractivity (Wildman–Crippen MR) is 113 cm³/mol. The molecule has 2 rings (SSSR count). The molecule has 5 nitrogen and oxygen atoms in total. The molecule has 0 aliphatic heterocycles. The standard InChI is InChI=1S/C19H25N3O2.HI/c1-20-19(21-13-15-8-7-10-17(12-15)23-3)22(2)14-16-9-5-6-11-18(16)24-4;/h5-12H,13-14H2,1-4H3,(H,20,21);1H. The van der Waals surface area contributed by atoms with Crippen LogP contribution in [-0.4, -0.2) is 39.2 Å². The summed E-state index contributed by atoms with van der Waals surface area (Å²) in [4.78, 5) is 6.42. The van der Waals surface area contributed by atoms with Gasteiger partial charge in [0, 0.05) is 32.7 Å². The highest BCUT2D eigenvalue weighted by Crippen LogP contribution is 2.18. The van der Waals surface area contributed by atoms with Gasteiger partial charge in [-0.25, -0.2) is 0 Å². The number of guanidine groups is 1. The van der Waals surface area contributed by atoms with Crippen LogP contribution in [0.5, 0.6) is 11.5 Å². The van der Waals surface area contributed by atoms with Gasteiger partial charge in [0.05, 0.1) is 14.2 Å². The number of methoxy groups -OCH3 is 2. The van der Waals surface area contributed by atoms with Crippen molar-refractivity contribution in [1.29, 1.82) is 0 Å². The number of hydrogen-bond donors (Lipinski definition) is 1. The number of halogens is 1. The Kier molecular flexibility index (Phi) is 9.12. The first kappa shape index (κ1) is 21.1. The third kappa shape index (κ3) is 6.12. The van der Waals surface area contributed by atoms with Gasteiger partial charge < -0.3 is 19.7 Å². The predicted octanol–water partition coefficient (Wildman–Crippen LogP) is 3.53. The summed E-state index contributed by atoms with van der Waals surface area (Å²) in [6.45, 7) is 1.39. The Morgan fingerprint density at radius 1 is 1.08 bits per heavy atom. The molecule has 0 bridgehead atoms. The summed E-state index contributed by atoms with van der Waals surface area (Å²) in [7, 11) is 7.15. The number of nitrogens with zero attached hydrogens (tertiary/aromatic N) is 2. The van der Waals surface area contributed by atoms with E-state index in [1.807, 2.05) is 43.4 Å². The molecule has 0 unspecified atom stereocenters. The van der Waals surface area contributed by atoms with Crippen molar-refractivity contribution in [3.05, 3.63) is 59.7 Å². The van der Waals surface area contributed by atoms with E-state index in [2.05, 4.69) is 27.3 Å². The second-order valence-electron chi connectivity index (χ2n) is 5.42. The van der Waals surface area contributed by atoms with Gasteiger partial charge >= 0.3 is 0 Å². The van der Waals surface area contributed by atoms with Crippen molar-refractivity contribution in [2.45, 2.75) is 13.1 Å². The van der Waals surface area contributed by atoms with Crippen molar-refractivity contribution in [2.24, 2.45) is 4.99 Å². The monoisotopic (exact) mass is 455 g/mol. The molecular weight excluding hydrogens is 429 g/mol. The van der Waals surface area contributed by atoms with E-state index in [-0.39, 0.29) is 24.0 Å². The highest BCUT2D eigenvalue weighted by atomic mass is 127. The summed E-state index contributed by atoms with van der Waals surface area (Å²) < 4.78 is 10.7. The molecule has 0 saturated heterocycles. The molecule has 136 valence electrons. The summed E-state index contributed by atoms with van der Waals surface area (Å²) in [6.07, 6.45) is 0. The minimum absolute atomic E-state index is 0. The molecular formula is C19H26IN3O2. The molecule has 0 saturated carbocycles. The lowest BCUT2D eigenvalue weighted by atomic mass is 10.2. The summed E-state index contributed by atoms with van der Waals surface area (Å²) in [5.41, 5.74) is 2.26. The molecule has 0 amide bonds. The summed E-state index contributed by atoms with van der Waals surface area (Å²) in [5, 5.41) is 3.37. The number of benzene rings is 2. The van der Waals surface area contributed by atoms with E-state index in [1.54, 1.807) is 21.3 Å². The number of hydrogen-bond acceptors (Lipinski definition) is 3. The van der Waals surface area contributed by atoms with Gasteiger partial charge in [0.15, 0.2) is 5.96 Å². The van der Waals surface area contributed by atoms with Crippen molar-refractivity contribution in [3.63, 3.8) is 0 Å². The van der Waals surface area contributed by atoms with Crippen LogP contribution < -0.4 is 14.8 Å². The number of para-hydroxylation sites is 1. The average Bonchev–Trinajstić information content (AvgIpc) is 2.63. The fraction of sp³-hybridized carbons (Fsp3) is 0.316. The number of ether oxygens (including phenoxy) is 2. The maximum absolute atomic E-state index is 5.41. The van der Waals surface area contributed by atoms with Crippen LogP contribution >= 0.6 is 24.0 Å². The summed E-state index contributed by atoms with van der Waals surface area (Å²) in [6, 6.07) is 16.0. The van der Waals surface area contributed by atoms with Crippen LogP contribution in [0.1, 0.15) is 11.1 Å². The molecule has 0 aromatic heterocycles. The van der Waals surface area contributed by atoms with Gasteiger partial charge in [-0.05, 0) is 23.8 Å². The Hall–Kier alpha value is -1.96. The van der Waals surface area contributed by atoms with Crippen LogP contribution in [0, 0.1) is 0 Å². The van der Waals surface area contributed by atoms with Gasteiger partial charge in [-0.3, -0.25) is 4.99 Å². The van der Waals surface area contributed by atoms with Crippen LogP contribution in [0.4, 0.5) is 0 Å². The maximum atomic E-state index is 5.41. The third-order valence-corrected chi connectivity index (χ3v) is 3.76. The number of rotatable bonds is 6. The van der Waals surface area contributed by atoms with E-state index in [4.69, 9.17) is 9.47 Å². The number of aliphatic imine (C=N–C) groups is 1. The molecule has 0 fully saturated rings. The largest absolute Gasteiger partial charge is 0.497 e. The van der Waals surface area contributed by atoms with E-state index >= 15 is 0 Å². The summed E-state index contributed by atoms with van der Waals surface area (Å²) in [5.74, 6) is 2.56. The van der Waals surface area contributed by atoms with E-state index in [0.717, 1.165) is 28.6 Å². The number of nitrogens with one attached hydrogen (secondary N) is 1. The van der Waals surface area contributed by atoms with Crippen LogP contribution in [0.25, 0.3) is 0 Å². The second kappa shape index (κ2) is 10.8. The second-order valence-corrected chi connectivity index (χ2v) is 5.42. The first-order valence-corrected chi connectivity index (χ1v) is 7.84. The molecule has 6 heteroatoms. The molecule has 2 aromatic carbocycles. The normalized spacial score (nSPS) is 10.6. The Morgan fingerprint density at radius 3 is 2.52 bits per heavy atom. The molecule has 25 heavy (non-hydrogen) atoms. The summed E-state index contributed by atoms with van der Waals surface area (Å²) >= 11 is 0. The van der Waals surface area contributed by atoms with Crippen LogP contribution in [0.2, 0.25) is 0 Å². The third-order valence-electron chi connectivity index (χ3n) is 3.76. The fourth-order valence-corrected chi connectivity index (χ4v) is 2.51. The smallest absolute Gasteiger partial charge is 0.193 e. The van der Waals surface area contributed by atoms with Gasteiger partial charge in [-0.15, -0.1) is 24.0 Å². The van der Waals surface area contributed by atoms with Gasteiger partial charge in [0.2, 0.25) is 0 Å². The minimum Gasteiger partial charge on any atom is -0.497 e. The fourth-order valence-electron chi connectivity index (χ4n) is 2.51. The van der Waals surface area contributed by atoms with Crippen LogP contribution in [0.15, 0.2) is 53.5 Å².